The van der Waals surface area contributed by atoms with Crippen molar-refractivity contribution in [2.24, 2.45) is 5.41 Å². The summed E-state index contributed by atoms with van der Waals surface area (Å²) in [5, 5.41) is 3.59. The molecule has 1 aromatic carbocycles. The van der Waals surface area contributed by atoms with Gasteiger partial charge in [0, 0.05) is 30.9 Å². The van der Waals surface area contributed by atoms with Crippen LogP contribution in [0, 0.1) is 11.2 Å². The van der Waals surface area contributed by atoms with E-state index >= 15 is 0 Å². The van der Waals surface area contributed by atoms with E-state index < -0.39 is 0 Å². The molecule has 100 valence electrons. The van der Waals surface area contributed by atoms with E-state index in [1.165, 1.54) is 6.07 Å². The van der Waals surface area contributed by atoms with Crippen molar-refractivity contribution in [3.8, 4) is 0 Å². The summed E-state index contributed by atoms with van der Waals surface area (Å²) in [6.07, 6.45) is 0. The molecule has 0 aromatic heterocycles. The lowest BCUT2D eigenvalue weighted by atomic mass is 9.84. The molecule has 0 spiro atoms. The third-order valence-electron chi connectivity index (χ3n) is 3.76. The maximum absolute atomic E-state index is 13.3. The van der Waals surface area contributed by atoms with Gasteiger partial charge in [-0.1, -0.05) is 26.8 Å². The van der Waals surface area contributed by atoms with E-state index in [-0.39, 0.29) is 11.2 Å². The minimum absolute atomic E-state index is 0.162. The summed E-state index contributed by atoms with van der Waals surface area (Å²) in [4.78, 5) is 2.30. The number of nitrogens with one attached hydrogen (secondary N) is 1. The largest absolute Gasteiger partial charge is 0.366 e. The van der Waals surface area contributed by atoms with Crippen LogP contribution in [-0.4, -0.2) is 25.2 Å². The molecular weight excluding hydrogens is 227 g/mol. The molecule has 18 heavy (non-hydrogen) atoms. The van der Waals surface area contributed by atoms with Crippen molar-refractivity contribution in [2.45, 2.75) is 39.8 Å². The number of hydrogen-bond donors (Lipinski definition) is 1. The van der Waals surface area contributed by atoms with Gasteiger partial charge in [-0.3, -0.25) is 0 Å². The lowest BCUT2D eigenvalue weighted by Crippen LogP contribution is -2.59. The van der Waals surface area contributed by atoms with Crippen LogP contribution in [-0.2, 0) is 0 Å². The second kappa shape index (κ2) is 4.88. The van der Waals surface area contributed by atoms with Crippen LogP contribution < -0.4 is 10.2 Å². The van der Waals surface area contributed by atoms with Crippen LogP contribution in [0.15, 0.2) is 24.3 Å². The number of piperazine rings is 1. The summed E-state index contributed by atoms with van der Waals surface area (Å²) >= 11 is 0. The molecule has 2 nitrogen and oxygen atoms in total. The van der Waals surface area contributed by atoms with E-state index in [2.05, 4.69) is 37.9 Å². The van der Waals surface area contributed by atoms with Gasteiger partial charge in [-0.25, -0.2) is 4.39 Å². The average Bonchev–Trinajstić information content (AvgIpc) is 2.28. The first kappa shape index (κ1) is 13.3. The van der Waals surface area contributed by atoms with E-state index in [0.29, 0.717) is 12.1 Å². The van der Waals surface area contributed by atoms with Gasteiger partial charge in [-0.15, -0.1) is 0 Å². The molecule has 1 heterocycles. The molecular formula is C15H23FN2. The first-order valence-corrected chi connectivity index (χ1v) is 6.63. The Hall–Kier alpha value is -1.09. The van der Waals surface area contributed by atoms with Gasteiger partial charge in [0.15, 0.2) is 0 Å². The summed E-state index contributed by atoms with van der Waals surface area (Å²) in [6.45, 7) is 10.8. The first-order valence-electron chi connectivity index (χ1n) is 6.63. The van der Waals surface area contributed by atoms with Crippen LogP contribution >= 0.6 is 0 Å². The molecule has 0 bridgehead atoms. The summed E-state index contributed by atoms with van der Waals surface area (Å²) in [7, 11) is 0. The molecule has 2 rings (SSSR count). The van der Waals surface area contributed by atoms with Crippen LogP contribution in [0.25, 0.3) is 0 Å². The number of halogens is 1. The third kappa shape index (κ3) is 2.83. The summed E-state index contributed by atoms with van der Waals surface area (Å²) in [5.41, 5.74) is 1.20. The smallest absolute Gasteiger partial charge is 0.125 e. The fraction of sp³-hybridized carbons (Fsp3) is 0.600. The Balaban J connectivity index is 2.20. The third-order valence-corrected chi connectivity index (χ3v) is 3.76. The molecule has 1 aliphatic rings. The van der Waals surface area contributed by atoms with Crippen LogP contribution in [0.2, 0.25) is 0 Å². The molecule has 3 heteroatoms. The fourth-order valence-corrected chi connectivity index (χ4v) is 2.46. The highest BCUT2D eigenvalue weighted by atomic mass is 19.1. The normalized spacial score (nSPS) is 25.3. The predicted molar refractivity (Wildman–Crippen MR) is 74.5 cm³/mol. The Morgan fingerprint density at radius 2 is 2.06 bits per heavy atom. The van der Waals surface area contributed by atoms with Gasteiger partial charge in [-0.05, 0) is 30.5 Å². The van der Waals surface area contributed by atoms with Gasteiger partial charge in [0.05, 0.1) is 0 Å². The number of anilines is 1. The fourth-order valence-electron chi connectivity index (χ4n) is 2.46. The SMILES string of the molecule is CC1CNC(C(C)(C)C)CN1c1cccc(F)c1. The highest BCUT2D eigenvalue weighted by Gasteiger charge is 2.32. The van der Waals surface area contributed by atoms with Gasteiger partial charge in [0.1, 0.15) is 5.82 Å². The zero-order chi connectivity index (χ0) is 13.3. The highest BCUT2D eigenvalue weighted by Crippen LogP contribution is 2.27. The standard InChI is InChI=1S/C15H23FN2/c1-11-9-17-14(15(2,3)4)10-18(11)13-7-5-6-12(16)8-13/h5-8,11,14,17H,9-10H2,1-4H3. The maximum atomic E-state index is 13.3. The molecule has 0 radical (unpaired) electrons. The Morgan fingerprint density at radius 1 is 1.33 bits per heavy atom. The zero-order valence-electron chi connectivity index (χ0n) is 11.7. The molecule has 1 aliphatic heterocycles. The lowest BCUT2D eigenvalue weighted by Gasteiger charge is -2.45. The van der Waals surface area contributed by atoms with Gasteiger partial charge in [0.25, 0.3) is 0 Å². The molecule has 2 unspecified atom stereocenters. The summed E-state index contributed by atoms with van der Waals surface area (Å²) < 4.78 is 13.3. The number of benzene rings is 1. The van der Waals surface area contributed by atoms with E-state index in [4.69, 9.17) is 0 Å². The van der Waals surface area contributed by atoms with Crippen molar-refractivity contribution >= 4 is 5.69 Å². The van der Waals surface area contributed by atoms with Gasteiger partial charge in [-0.2, -0.15) is 0 Å². The Morgan fingerprint density at radius 3 is 2.67 bits per heavy atom. The topological polar surface area (TPSA) is 15.3 Å². The van der Waals surface area contributed by atoms with Crippen molar-refractivity contribution in [3.05, 3.63) is 30.1 Å². The average molecular weight is 250 g/mol. The van der Waals surface area contributed by atoms with E-state index in [1.807, 2.05) is 6.07 Å². The first-order chi connectivity index (χ1) is 8.38. The van der Waals surface area contributed by atoms with E-state index in [0.717, 1.165) is 18.8 Å². The van der Waals surface area contributed by atoms with Gasteiger partial charge >= 0.3 is 0 Å². The maximum Gasteiger partial charge on any atom is 0.125 e. The molecule has 1 N–H and O–H groups in total. The quantitative estimate of drug-likeness (QED) is 0.824. The molecule has 1 fully saturated rings. The van der Waals surface area contributed by atoms with E-state index in [1.54, 1.807) is 12.1 Å². The highest BCUT2D eigenvalue weighted by molar-refractivity contribution is 5.48. The van der Waals surface area contributed by atoms with E-state index in [9.17, 15) is 4.39 Å². The molecule has 0 aliphatic carbocycles. The Kier molecular flexibility index (Phi) is 3.62. The second-order valence-electron chi connectivity index (χ2n) is 6.31. The number of hydrogen-bond acceptors (Lipinski definition) is 2. The van der Waals surface area contributed by atoms with Gasteiger partial charge in [0.2, 0.25) is 0 Å². The van der Waals surface area contributed by atoms with Crippen molar-refractivity contribution in [1.29, 1.82) is 0 Å². The second-order valence-corrected chi connectivity index (χ2v) is 6.31. The van der Waals surface area contributed by atoms with Crippen LogP contribution in [0.5, 0.6) is 0 Å². The minimum Gasteiger partial charge on any atom is -0.366 e. The molecule has 2 atom stereocenters. The molecule has 1 aromatic rings. The lowest BCUT2D eigenvalue weighted by molar-refractivity contribution is 0.239. The Labute approximate surface area is 109 Å². The predicted octanol–water partition coefficient (Wildman–Crippen LogP) is 3.04. The van der Waals surface area contributed by atoms with Crippen molar-refractivity contribution in [1.82, 2.24) is 5.32 Å². The summed E-state index contributed by atoms with van der Waals surface area (Å²) in [5.74, 6) is -0.162. The number of nitrogens with zero attached hydrogens (tertiary/aromatic N) is 1. The summed E-state index contributed by atoms with van der Waals surface area (Å²) in [6, 6.07) is 7.72. The van der Waals surface area contributed by atoms with Crippen LogP contribution in [0.3, 0.4) is 0 Å². The monoisotopic (exact) mass is 250 g/mol. The Bertz CT molecular complexity index is 411. The molecule has 0 amide bonds. The minimum atomic E-state index is -0.162. The number of rotatable bonds is 1. The van der Waals surface area contributed by atoms with Crippen LogP contribution in [0.1, 0.15) is 27.7 Å². The zero-order valence-corrected chi connectivity index (χ0v) is 11.7. The van der Waals surface area contributed by atoms with Gasteiger partial charge < -0.3 is 10.2 Å². The van der Waals surface area contributed by atoms with Crippen LogP contribution in [0.4, 0.5) is 10.1 Å². The van der Waals surface area contributed by atoms with Crippen molar-refractivity contribution in [3.63, 3.8) is 0 Å². The molecule has 0 saturated carbocycles. The molecule has 1 saturated heterocycles. The van der Waals surface area contributed by atoms with Crippen molar-refractivity contribution < 1.29 is 4.39 Å². The van der Waals surface area contributed by atoms with Crippen molar-refractivity contribution in [2.75, 3.05) is 18.0 Å².